The van der Waals surface area contributed by atoms with Crippen LogP contribution >= 0.6 is 0 Å². The van der Waals surface area contributed by atoms with Crippen LogP contribution in [-0.2, 0) is 13.9 Å². The van der Waals surface area contributed by atoms with Crippen molar-refractivity contribution in [3.63, 3.8) is 0 Å². The van der Waals surface area contributed by atoms with Gasteiger partial charge in [0.15, 0.2) is 0 Å². The average Bonchev–Trinajstić information content (AvgIpc) is 3.07. The molecule has 4 nitrogen and oxygen atoms in total. The molecule has 2 saturated heterocycles. The van der Waals surface area contributed by atoms with E-state index < -0.39 is 0 Å². The van der Waals surface area contributed by atoms with Crippen LogP contribution in [0.1, 0.15) is 52.4 Å². The highest BCUT2D eigenvalue weighted by molar-refractivity contribution is 5.98. The zero-order valence-corrected chi connectivity index (χ0v) is 14.7. The molecule has 5 heteroatoms. The summed E-state index contributed by atoms with van der Waals surface area (Å²) < 4.78 is 17.3. The first-order valence-electron chi connectivity index (χ1n) is 7.66. The van der Waals surface area contributed by atoms with E-state index in [0.717, 1.165) is 55.9 Å². The van der Waals surface area contributed by atoms with Gasteiger partial charge in [-0.2, -0.15) is 0 Å². The summed E-state index contributed by atoms with van der Waals surface area (Å²) in [7, 11) is 0.813. The fourth-order valence-electron chi connectivity index (χ4n) is 2.91. The van der Waals surface area contributed by atoms with Crippen LogP contribution in [0.5, 0.6) is 0 Å². The van der Waals surface area contributed by atoms with Crippen molar-refractivity contribution in [1.29, 1.82) is 0 Å². The molecule has 2 atom stereocenters. The lowest BCUT2D eigenvalue weighted by molar-refractivity contribution is -0.118. The maximum atomic E-state index is 5.86. The van der Waals surface area contributed by atoms with E-state index in [9.17, 15) is 0 Å². The second-order valence-corrected chi connectivity index (χ2v) is 6.65. The molecule has 112 valence electrons. The van der Waals surface area contributed by atoms with Crippen LogP contribution in [0.15, 0.2) is 0 Å². The Hall–Kier alpha value is 0.0569. The van der Waals surface area contributed by atoms with Gasteiger partial charge in [-0.1, -0.05) is 0 Å². The van der Waals surface area contributed by atoms with Crippen LogP contribution in [0.3, 0.4) is 0 Å². The summed E-state index contributed by atoms with van der Waals surface area (Å²) in [6, 6.07) is 0. The van der Waals surface area contributed by atoms with Gasteiger partial charge in [0.1, 0.15) is 22.9 Å². The normalized spacial score (nSPS) is 28.6. The highest BCUT2D eigenvalue weighted by atomic mass is 28.2. The molecule has 2 aliphatic rings. The first-order valence-corrected chi connectivity index (χ1v) is 8.48. The van der Waals surface area contributed by atoms with Gasteiger partial charge in [-0.15, -0.1) is 0 Å². The summed E-state index contributed by atoms with van der Waals surface area (Å²) in [5, 5.41) is 0. The molecular weight excluding hydrogens is 258 g/mol. The molecule has 2 aliphatic heterocycles. The monoisotopic (exact) mass is 287 g/mol. The van der Waals surface area contributed by atoms with E-state index in [1.165, 1.54) is 12.8 Å². The van der Waals surface area contributed by atoms with Gasteiger partial charge in [-0.25, -0.2) is 0 Å². The smallest absolute Gasteiger partial charge is 0.146 e. The lowest BCUT2D eigenvalue weighted by Gasteiger charge is -2.34. The number of rotatable bonds is 7. The van der Waals surface area contributed by atoms with Crippen molar-refractivity contribution in [3.05, 3.63) is 0 Å². The minimum absolute atomic E-state index is 0.0327. The summed E-state index contributed by atoms with van der Waals surface area (Å²) in [4.78, 5) is 2.45. The summed E-state index contributed by atoms with van der Waals surface area (Å²) in [6.07, 6.45) is 7.49. The fourth-order valence-corrected chi connectivity index (χ4v) is 3.11. The third-order valence-corrected chi connectivity index (χ3v) is 5.40. The van der Waals surface area contributed by atoms with E-state index in [0.29, 0.717) is 0 Å². The topological polar surface area (TPSA) is 30.9 Å². The molecule has 0 N–H and O–H groups in total. The van der Waals surface area contributed by atoms with Gasteiger partial charge in [0.25, 0.3) is 0 Å². The molecule has 19 heavy (non-hydrogen) atoms. The highest BCUT2D eigenvalue weighted by Crippen LogP contribution is 2.26. The third-order valence-electron chi connectivity index (χ3n) is 4.30. The minimum atomic E-state index is 0.0327. The largest absolute Gasteiger partial charge is 0.423 e. The van der Waals surface area contributed by atoms with Gasteiger partial charge in [-0.3, -0.25) is 4.90 Å². The van der Waals surface area contributed by atoms with Crippen molar-refractivity contribution in [1.82, 2.24) is 4.90 Å². The Bertz CT molecular complexity index is 247. The summed E-state index contributed by atoms with van der Waals surface area (Å²) >= 11 is 0. The molecule has 0 amide bonds. The fraction of sp³-hybridized carbons (Fsp3) is 1.00. The third kappa shape index (κ3) is 4.53. The second kappa shape index (κ2) is 7.18. The van der Waals surface area contributed by atoms with Gasteiger partial charge < -0.3 is 13.9 Å². The first kappa shape index (κ1) is 15.4. The predicted octanol–water partition coefficient (Wildman–Crippen LogP) is 1.42. The minimum Gasteiger partial charge on any atom is -0.423 e. The van der Waals surface area contributed by atoms with Gasteiger partial charge in [0.2, 0.25) is 0 Å². The second-order valence-electron chi connectivity index (χ2n) is 6.24. The molecule has 0 aromatic carbocycles. The Morgan fingerprint density at radius 2 is 1.74 bits per heavy atom. The summed E-state index contributed by atoms with van der Waals surface area (Å²) in [6.45, 7) is 7.24. The molecule has 0 aromatic heterocycles. The molecule has 2 fully saturated rings. The molecule has 2 unspecified atom stereocenters. The molecule has 2 heterocycles. The van der Waals surface area contributed by atoms with E-state index in [-0.39, 0.29) is 18.1 Å². The maximum Gasteiger partial charge on any atom is 0.146 e. The predicted molar refractivity (Wildman–Crippen MR) is 79.0 cm³/mol. The van der Waals surface area contributed by atoms with Gasteiger partial charge in [0.05, 0.1) is 0 Å². The van der Waals surface area contributed by atoms with E-state index >= 15 is 0 Å². The molecular formula is C14H29NO3Si. The van der Waals surface area contributed by atoms with Crippen LogP contribution in [0.25, 0.3) is 0 Å². The standard InChI is InChI=1S/C14H29NO3Si/c1-14(2,18-19)8-5-9-15(12-6-3-10-16-12)13-7-4-11-17-13/h12-13H,3-11H2,1-2,19H3. The maximum absolute atomic E-state index is 5.86. The Morgan fingerprint density at radius 3 is 2.16 bits per heavy atom. The van der Waals surface area contributed by atoms with Crippen LogP contribution < -0.4 is 0 Å². The van der Waals surface area contributed by atoms with Crippen molar-refractivity contribution in [2.75, 3.05) is 19.8 Å². The van der Waals surface area contributed by atoms with Crippen LogP contribution in [0, 0.1) is 0 Å². The molecule has 0 saturated carbocycles. The summed E-state index contributed by atoms with van der Waals surface area (Å²) in [5.74, 6) is 0. The number of ether oxygens (including phenoxy) is 2. The molecule has 0 aliphatic carbocycles. The van der Waals surface area contributed by atoms with Gasteiger partial charge in [-0.05, 0) is 52.4 Å². The van der Waals surface area contributed by atoms with Crippen molar-refractivity contribution >= 4 is 10.5 Å². The van der Waals surface area contributed by atoms with Crippen LogP contribution in [0.2, 0.25) is 0 Å². The average molecular weight is 287 g/mol. The SMILES string of the molecule is CC(C)(CCCN(C1CCCO1)C1CCCO1)O[SiH3]. The molecule has 0 aromatic rings. The van der Waals surface area contributed by atoms with Crippen LogP contribution in [-0.4, -0.2) is 53.2 Å². The van der Waals surface area contributed by atoms with Crippen molar-refractivity contribution in [2.24, 2.45) is 0 Å². The lowest BCUT2D eigenvalue weighted by Crippen LogP contribution is -2.43. The van der Waals surface area contributed by atoms with Crippen molar-refractivity contribution in [2.45, 2.75) is 70.4 Å². The zero-order valence-electron chi connectivity index (χ0n) is 12.7. The van der Waals surface area contributed by atoms with Crippen molar-refractivity contribution < 1.29 is 13.9 Å². The Labute approximate surface area is 120 Å². The summed E-state index contributed by atoms with van der Waals surface area (Å²) in [5.41, 5.74) is 0.0327. The Balaban J connectivity index is 1.83. The van der Waals surface area contributed by atoms with Crippen LogP contribution in [0.4, 0.5) is 0 Å². The quantitative estimate of drug-likeness (QED) is 0.663. The zero-order chi connectivity index (χ0) is 13.7. The van der Waals surface area contributed by atoms with E-state index in [4.69, 9.17) is 13.9 Å². The molecule has 2 rings (SSSR count). The Morgan fingerprint density at radius 1 is 1.16 bits per heavy atom. The lowest BCUT2D eigenvalue weighted by atomic mass is 10.0. The molecule has 0 spiro atoms. The van der Waals surface area contributed by atoms with E-state index in [1.807, 2.05) is 0 Å². The van der Waals surface area contributed by atoms with Gasteiger partial charge in [0, 0.05) is 25.4 Å². The molecule has 0 bridgehead atoms. The van der Waals surface area contributed by atoms with E-state index in [1.54, 1.807) is 0 Å². The number of hydrogen-bond donors (Lipinski definition) is 0. The Kier molecular flexibility index (Phi) is 5.83. The highest BCUT2D eigenvalue weighted by Gasteiger charge is 2.32. The molecule has 0 radical (unpaired) electrons. The number of hydrogen-bond acceptors (Lipinski definition) is 4. The van der Waals surface area contributed by atoms with Gasteiger partial charge >= 0.3 is 0 Å². The number of nitrogens with zero attached hydrogens (tertiary/aromatic N) is 1. The van der Waals surface area contributed by atoms with E-state index in [2.05, 4.69) is 18.7 Å². The van der Waals surface area contributed by atoms with Crippen molar-refractivity contribution in [3.8, 4) is 0 Å². The first-order chi connectivity index (χ1) is 9.12.